The van der Waals surface area contributed by atoms with Gasteiger partial charge in [0.15, 0.2) is 0 Å². The second kappa shape index (κ2) is 6.63. The van der Waals surface area contributed by atoms with Crippen LogP contribution in [0.2, 0.25) is 0 Å². The second-order valence-corrected chi connectivity index (χ2v) is 6.61. The van der Waals surface area contributed by atoms with E-state index in [1.165, 1.54) is 31.2 Å². The molecule has 1 fully saturated rings. The number of aromatic nitrogens is 1. The van der Waals surface area contributed by atoms with Gasteiger partial charge in [-0.2, -0.15) is 0 Å². The first-order chi connectivity index (χ1) is 11.8. The molecule has 3 heterocycles. The van der Waals surface area contributed by atoms with Gasteiger partial charge in [0, 0.05) is 31.5 Å². The molecule has 1 saturated heterocycles. The van der Waals surface area contributed by atoms with Crippen molar-refractivity contribution in [3.63, 3.8) is 0 Å². The van der Waals surface area contributed by atoms with Crippen LogP contribution in [0.4, 0.5) is 11.5 Å². The molecular weight excluding hydrogens is 298 g/mol. The number of fused-ring (bicyclic) bond motifs is 1. The van der Waals surface area contributed by atoms with E-state index in [1.807, 2.05) is 35.2 Å². The first kappa shape index (κ1) is 15.2. The first-order valence-electron chi connectivity index (χ1n) is 8.94. The minimum Gasteiger partial charge on any atom is -0.356 e. The number of nitrogens with zero attached hydrogens (tertiary/aromatic N) is 3. The van der Waals surface area contributed by atoms with Gasteiger partial charge in [-0.1, -0.05) is 31.0 Å². The highest BCUT2D eigenvalue weighted by Crippen LogP contribution is 2.31. The number of carbonyl (C=O) groups excluding carboxylic acids is 1. The summed E-state index contributed by atoms with van der Waals surface area (Å²) in [6, 6.07) is 12.0. The van der Waals surface area contributed by atoms with Crippen LogP contribution in [0.25, 0.3) is 0 Å². The van der Waals surface area contributed by atoms with Gasteiger partial charge in [0.2, 0.25) is 0 Å². The summed E-state index contributed by atoms with van der Waals surface area (Å²) in [7, 11) is 0. The molecule has 0 radical (unpaired) electrons. The van der Waals surface area contributed by atoms with E-state index >= 15 is 0 Å². The van der Waals surface area contributed by atoms with Gasteiger partial charge in [0.25, 0.3) is 5.91 Å². The van der Waals surface area contributed by atoms with Crippen molar-refractivity contribution < 1.29 is 4.79 Å². The lowest BCUT2D eigenvalue weighted by Crippen LogP contribution is -2.33. The minimum atomic E-state index is 0.0762. The maximum absolute atomic E-state index is 13.2. The van der Waals surface area contributed by atoms with Crippen molar-refractivity contribution in [3.8, 4) is 0 Å². The average molecular weight is 321 g/mol. The number of hydrogen-bond donors (Lipinski definition) is 0. The molecule has 0 spiro atoms. The molecule has 0 aliphatic carbocycles. The summed E-state index contributed by atoms with van der Waals surface area (Å²) in [4.78, 5) is 22.0. The average Bonchev–Trinajstić information content (AvgIpc) is 2.87. The van der Waals surface area contributed by atoms with Crippen LogP contribution in [0.1, 0.15) is 41.6 Å². The number of hydrogen-bond acceptors (Lipinski definition) is 3. The molecule has 2 aromatic rings. The van der Waals surface area contributed by atoms with E-state index in [0.717, 1.165) is 43.1 Å². The summed E-state index contributed by atoms with van der Waals surface area (Å²) >= 11 is 0. The Morgan fingerprint density at radius 3 is 2.54 bits per heavy atom. The van der Waals surface area contributed by atoms with Crippen LogP contribution in [-0.2, 0) is 6.42 Å². The standard InChI is InChI=1S/C20H23N3O/c24-20(23-15-11-16-8-3-4-10-18(16)23)17-9-7-12-21-19(17)22-13-5-1-2-6-14-22/h3-4,7-10,12H,1-2,5-6,11,13-15H2. The molecule has 0 bridgehead atoms. The Morgan fingerprint density at radius 2 is 1.71 bits per heavy atom. The van der Waals surface area contributed by atoms with E-state index < -0.39 is 0 Å². The molecule has 4 rings (SSSR count). The quantitative estimate of drug-likeness (QED) is 0.847. The predicted octanol–water partition coefficient (Wildman–Crippen LogP) is 3.66. The monoisotopic (exact) mass is 321 g/mol. The summed E-state index contributed by atoms with van der Waals surface area (Å²) in [5.41, 5.74) is 3.04. The van der Waals surface area contributed by atoms with Crippen molar-refractivity contribution in [2.45, 2.75) is 32.1 Å². The van der Waals surface area contributed by atoms with Crippen molar-refractivity contribution in [2.75, 3.05) is 29.4 Å². The van der Waals surface area contributed by atoms with E-state index in [4.69, 9.17) is 0 Å². The zero-order valence-electron chi connectivity index (χ0n) is 13.9. The second-order valence-electron chi connectivity index (χ2n) is 6.61. The summed E-state index contributed by atoms with van der Waals surface area (Å²) in [5.74, 6) is 0.932. The van der Waals surface area contributed by atoms with Gasteiger partial charge in [0.1, 0.15) is 5.82 Å². The van der Waals surface area contributed by atoms with Crippen LogP contribution in [0.3, 0.4) is 0 Å². The van der Waals surface area contributed by atoms with E-state index in [1.54, 1.807) is 6.20 Å². The summed E-state index contributed by atoms with van der Waals surface area (Å²) in [5, 5.41) is 0. The maximum Gasteiger partial charge on any atom is 0.262 e. The maximum atomic E-state index is 13.2. The zero-order chi connectivity index (χ0) is 16.4. The Labute approximate surface area is 143 Å². The Morgan fingerprint density at radius 1 is 0.917 bits per heavy atom. The van der Waals surface area contributed by atoms with Crippen molar-refractivity contribution in [3.05, 3.63) is 53.7 Å². The lowest BCUT2D eigenvalue weighted by molar-refractivity contribution is 0.0989. The molecule has 0 saturated carbocycles. The van der Waals surface area contributed by atoms with Crippen LogP contribution < -0.4 is 9.80 Å². The number of carbonyl (C=O) groups is 1. The molecular formula is C20H23N3O. The molecule has 2 aliphatic rings. The van der Waals surface area contributed by atoms with Gasteiger partial charge in [-0.25, -0.2) is 4.98 Å². The highest BCUT2D eigenvalue weighted by atomic mass is 16.2. The molecule has 0 atom stereocenters. The number of anilines is 2. The van der Waals surface area contributed by atoms with E-state index in [2.05, 4.69) is 16.0 Å². The molecule has 1 aromatic heterocycles. The molecule has 124 valence electrons. The summed E-state index contributed by atoms with van der Waals surface area (Å²) in [6.07, 6.45) is 7.63. The van der Waals surface area contributed by atoms with Gasteiger partial charge in [-0.05, 0) is 43.0 Å². The van der Waals surface area contributed by atoms with Crippen LogP contribution in [0, 0.1) is 0 Å². The van der Waals surface area contributed by atoms with Crippen LogP contribution in [0.15, 0.2) is 42.6 Å². The minimum absolute atomic E-state index is 0.0762. The zero-order valence-corrected chi connectivity index (χ0v) is 13.9. The Hall–Kier alpha value is -2.36. The Balaban J connectivity index is 1.66. The molecule has 0 N–H and O–H groups in total. The third-order valence-electron chi connectivity index (χ3n) is 5.05. The fourth-order valence-corrected chi connectivity index (χ4v) is 3.79. The fraction of sp³-hybridized carbons (Fsp3) is 0.400. The van der Waals surface area contributed by atoms with E-state index in [9.17, 15) is 4.79 Å². The molecule has 4 heteroatoms. The third-order valence-corrected chi connectivity index (χ3v) is 5.05. The molecule has 4 nitrogen and oxygen atoms in total. The number of amides is 1. The van der Waals surface area contributed by atoms with Crippen LogP contribution >= 0.6 is 0 Å². The van der Waals surface area contributed by atoms with Crippen molar-refractivity contribution >= 4 is 17.4 Å². The molecule has 1 amide bonds. The Kier molecular flexibility index (Phi) is 4.20. The largest absolute Gasteiger partial charge is 0.356 e. The van der Waals surface area contributed by atoms with Crippen LogP contribution in [0.5, 0.6) is 0 Å². The van der Waals surface area contributed by atoms with Gasteiger partial charge >= 0.3 is 0 Å². The van der Waals surface area contributed by atoms with Gasteiger partial charge < -0.3 is 9.80 Å². The lowest BCUT2D eigenvalue weighted by atomic mass is 10.1. The molecule has 1 aromatic carbocycles. The molecule has 0 unspecified atom stereocenters. The number of pyridine rings is 1. The van der Waals surface area contributed by atoms with Gasteiger partial charge in [0.05, 0.1) is 5.56 Å². The molecule has 2 aliphatic heterocycles. The number of benzene rings is 1. The van der Waals surface area contributed by atoms with Gasteiger partial charge in [-0.15, -0.1) is 0 Å². The fourth-order valence-electron chi connectivity index (χ4n) is 3.79. The Bertz CT molecular complexity index is 735. The highest BCUT2D eigenvalue weighted by Gasteiger charge is 2.28. The normalized spacial score (nSPS) is 17.5. The first-order valence-corrected chi connectivity index (χ1v) is 8.94. The smallest absolute Gasteiger partial charge is 0.262 e. The summed E-state index contributed by atoms with van der Waals surface area (Å²) < 4.78 is 0. The SMILES string of the molecule is O=C(c1cccnc1N1CCCCCC1)N1CCc2ccccc21. The van der Waals surface area contributed by atoms with Crippen molar-refractivity contribution in [2.24, 2.45) is 0 Å². The third kappa shape index (κ3) is 2.77. The molecule has 24 heavy (non-hydrogen) atoms. The summed E-state index contributed by atoms with van der Waals surface area (Å²) in [6.45, 7) is 2.74. The van der Waals surface area contributed by atoms with Gasteiger partial charge in [-0.3, -0.25) is 4.79 Å². The highest BCUT2D eigenvalue weighted by molar-refractivity contribution is 6.10. The van der Waals surface area contributed by atoms with Crippen molar-refractivity contribution in [1.82, 2.24) is 4.98 Å². The van der Waals surface area contributed by atoms with E-state index in [-0.39, 0.29) is 5.91 Å². The number of para-hydroxylation sites is 1. The van der Waals surface area contributed by atoms with Crippen molar-refractivity contribution in [1.29, 1.82) is 0 Å². The topological polar surface area (TPSA) is 36.4 Å². The van der Waals surface area contributed by atoms with Crippen LogP contribution in [-0.4, -0.2) is 30.5 Å². The lowest BCUT2D eigenvalue weighted by Gasteiger charge is -2.25. The van der Waals surface area contributed by atoms with E-state index in [0.29, 0.717) is 0 Å². The number of rotatable bonds is 2. The predicted molar refractivity (Wildman–Crippen MR) is 96.7 cm³/mol.